The molecule has 8 heteroatoms. The molecule has 0 aliphatic carbocycles. The van der Waals surface area contributed by atoms with Crippen molar-refractivity contribution in [2.75, 3.05) is 22.7 Å². The minimum absolute atomic E-state index is 0.150. The van der Waals surface area contributed by atoms with Gasteiger partial charge in [-0.25, -0.2) is 4.39 Å². The van der Waals surface area contributed by atoms with Gasteiger partial charge in [0.25, 0.3) is 5.91 Å². The number of hydrogen-bond donors (Lipinski definition) is 0. The zero-order valence-electron chi connectivity index (χ0n) is 17.0. The molecule has 0 radical (unpaired) electrons. The van der Waals surface area contributed by atoms with Crippen LogP contribution in [-0.4, -0.2) is 24.7 Å². The molecule has 0 bridgehead atoms. The smallest absolute Gasteiger partial charge is 0.269 e. The quantitative estimate of drug-likeness (QED) is 0.542. The number of rotatable bonds is 4. The molecule has 1 saturated heterocycles. The first-order valence-electron chi connectivity index (χ1n) is 9.92. The molecule has 0 aromatic heterocycles. The number of methoxy groups -OCH3 is 1. The Balaban J connectivity index is 1.63. The van der Waals surface area contributed by atoms with Gasteiger partial charge in [0, 0.05) is 11.3 Å². The highest BCUT2D eigenvalue weighted by Gasteiger charge is 2.60. The number of carbonyl (C=O) groups is 2. The van der Waals surface area contributed by atoms with E-state index >= 15 is 0 Å². The molecule has 1 atom stereocenters. The molecule has 5 rings (SSSR count). The highest BCUT2D eigenvalue weighted by Crippen LogP contribution is 2.56. The maximum absolute atomic E-state index is 14.0. The average molecular weight is 469 g/mol. The van der Waals surface area contributed by atoms with Crippen LogP contribution in [0.3, 0.4) is 0 Å². The number of thioether (sulfide) groups is 1. The lowest BCUT2D eigenvalue weighted by molar-refractivity contribution is -0.123. The number of ether oxygens (including phenoxy) is 1. The van der Waals surface area contributed by atoms with Crippen molar-refractivity contribution in [1.82, 2.24) is 0 Å². The normalized spacial score (nSPS) is 19.7. The number of halogens is 2. The number of anilines is 2. The summed E-state index contributed by atoms with van der Waals surface area (Å²) in [7, 11) is 1.51. The Bertz CT molecular complexity index is 1250. The molecule has 2 aliphatic rings. The number of carbonyl (C=O) groups excluding carboxylic acids is 2. The molecule has 1 spiro atoms. The van der Waals surface area contributed by atoms with Crippen molar-refractivity contribution in [2.24, 2.45) is 0 Å². The van der Waals surface area contributed by atoms with Gasteiger partial charge in [-0.05, 0) is 42.0 Å². The first kappa shape index (κ1) is 20.8. The predicted octanol–water partition coefficient (Wildman–Crippen LogP) is 4.97. The van der Waals surface area contributed by atoms with Crippen LogP contribution in [0.2, 0.25) is 5.02 Å². The number of para-hydroxylation sites is 1. The van der Waals surface area contributed by atoms with Gasteiger partial charge in [0.1, 0.15) is 11.6 Å². The minimum Gasteiger partial charge on any atom is -0.495 e. The van der Waals surface area contributed by atoms with Crippen molar-refractivity contribution >= 4 is 46.6 Å². The monoisotopic (exact) mass is 468 g/mol. The van der Waals surface area contributed by atoms with Crippen LogP contribution >= 0.6 is 23.4 Å². The Kier molecular flexibility index (Phi) is 5.10. The molecule has 0 N–H and O–H groups in total. The van der Waals surface area contributed by atoms with E-state index < -0.39 is 4.87 Å². The molecule has 3 aromatic carbocycles. The first-order valence-corrected chi connectivity index (χ1v) is 11.3. The van der Waals surface area contributed by atoms with E-state index in [1.165, 1.54) is 35.9 Å². The van der Waals surface area contributed by atoms with Gasteiger partial charge >= 0.3 is 0 Å². The zero-order valence-corrected chi connectivity index (χ0v) is 18.6. The highest BCUT2D eigenvalue weighted by atomic mass is 35.5. The summed E-state index contributed by atoms with van der Waals surface area (Å²) >= 11 is 7.62. The maximum atomic E-state index is 14.0. The summed E-state index contributed by atoms with van der Waals surface area (Å²) < 4.78 is 19.0. The second-order valence-electron chi connectivity index (χ2n) is 7.52. The molecule has 1 fully saturated rings. The van der Waals surface area contributed by atoms with E-state index in [0.29, 0.717) is 27.7 Å². The summed E-state index contributed by atoms with van der Waals surface area (Å²) in [6, 6.07) is 18.6. The Hall–Kier alpha value is -3.03. The molecule has 0 saturated carbocycles. The summed E-state index contributed by atoms with van der Waals surface area (Å²) in [4.78, 5) is 28.9. The van der Waals surface area contributed by atoms with Crippen LogP contribution in [0.1, 0.15) is 11.1 Å². The molecular weight excluding hydrogens is 451 g/mol. The van der Waals surface area contributed by atoms with Crippen molar-refractivity contribution in [2.45, 2.75) is 11.4 Å². The van der Waals surface area contributed by atoms with Crippen molar-refractivity contribution in [3.05, 3.63) is 88.7 Å². The van der Waals surface area contributed by atoms with Gasteiger partial charge in [0.05, 0.1) is 30.1 Å². The molecule has 32 heavy (non-hydrogen) atoms. The molecule has 162 valence electrons. The lowest BCUT2D eigenvalue weighted by Crippen LogP contribution is -2.49. The van der Waals surface area contributed by atoms with E-state index in [1.54, 1.807) is 35.2 Å². The van der Waals surface area contributed by atoms with Crippen LogP contribution in [0.15, 0.2) is 66.7 Å². The van der Waals surface area contributed by atoms with Gasteiger partial charge in [-0.15, -0.1) is 11.8 Å². The standard InChI is InChI=1S/C24H18ClFN2O3S/c1-31-21-10-9-17(12-19(21)25)28-22(29)14-32-24(28)18-7-2-3-8-20(18)27(23(24)30)13-15-5-4-6-16(26)11-15/h2-12H,13-14H2,1H3/t24-/m0/s1. The Morgan fingerprint density at radius 3 is 2.66 bits per heavy atom. The molecule has 2 amide bonds. The van der Waals surface area contributed by atoms with E-state index in [1.807, 2.05) is 24.3 Å². The molecular formula is C24H18ClFN2O3S. The Morgan fingerprint density at radius 1 is 1.09 bits per heavy atom. The van der Waals surface area contributed by atoms with Crippen LogP contribution in [-0.2, 0) is 21.0 Å². The van der Waals surface area contributed by atoms with Gasteiger partial charge in [-0.1, -0.05) is 41.9 Å². The summed E-state index contributed by atoms with van der Waals surface area (Å²) in [5.74, 6) is -0.165. The molecule has 3 aromatic rings. The third-order valence-corrected chi connectivity index (χ3v) is 7.37. The van der Waals surface area contributed by atoms with Crippen LogP contribution in [0.25, 0.3) is 0 Å². The largest absolute Gasteiger partial charge is 0.495 e. The van der Waals surface area contributed by atoms with Gasteiger partial charge in [0.2, 0.25) is 10.8 Å². The third-order valence-electron chi connectivity index (χ3n) is 5.69. The van der Waals surface area contributed by atoms with Crippen LogP contribution < -0.4 is 14.5 Å². The molecule has 5 nitrogen and oxygen atoms in total. The fourth-order valence-electron chi connectivity index (χ4n) is 4.32. The number of hydrogen-bond acceptors (Lipinski definition) is 4. The lowest BCUT2D eigenvalue weighted by Gasteiger charge is -2.33. The van der Waals surface area contributed by atoms with Crippen molar-refractivity contribution in [3.8, 4) is 5.75 Å². The number of nitrogens with zero attached hydrogens (tertiary/aromatic N) is 2. The fraction of sp³-hybridized carbons (Fsp3) is 0.167. The van der Waals surface area contributed by atoms with Crippen LogP contribution in [0, 0.1) is 5.82 Å². The minimum atomic E-state index is -1.25. The summed E-state index contributed by atoms with van der Waals surface area (Å²) in [5.41, 5.74) is 2.61. The van der Waals surface area contributed by atoms with Gasteiger partial charge in [0.15, 0.2) is 0 Å². The molecule has 2 heterocycles. The van der Waals surface area contributed by atoms with Crippen LogP contribution in [0.4, 0.5) is 15.8 Å². The zero-order chi connectivity index (χ0) is 22.5. The predicted molar refractivity (Wildman–Crippen MR) is 124 cm³/mol. The van der Waals surface area contributed by atoms with Crippen molar-refractivity contribution in [1.29, 1.82) is 0 Å². The van der Waals surface area contributed by atoms with E-state index in [9.17, 15) is 14.0 Å². The van der Waals surface area contributed by atoms with Crippen LogP contribution in [0.5, 0.6) is 5.75 Å². The topological polar surface area (TPSA) is 49.9 Å². The summed E-state index contributed by atoms with van der Waals surface area (Å²) in [6.07, 6.45) is 0. The summed E-state index contributed by atoms with van der Waals surface area (Å²) in [6.45, 7) is 0.196. The second-order valence-corrected chi connectivity index (χ2v) is 9.09. The van der Waals surface area contributed by atoms with E-state index in [2.05, 4.69) is 0 Å². The van der Waals surface area contributed by atoms with Gasteiger partial charge in [-0.3, -0.25) is 14.5 Å². The second kappa shape index (κ2) is 7.83. The Morgan fingerprint density at radius 2 is 1.91 bits per heavy atom. The maximum Gasteiger partial charge on any atom is 0.269 e. The molecule has 2 aliphatic heterocycles. The first-order chi connectivity index (χ1) is 15.5. The average Bonchev–Trinajstić information content (AvgIpc) is 3.25. The molecule has 0 unspecified atom stereocenters. The Labute approximate surface area is 193 Å². The lowest BCUT2D eigenvalue weighted by atomic mass is 10.0. The van der Waals surface area contributed by atoms with E-state index in [0.717, 1.165) is 5.56 Å². The van der Waals surface area contributed by atoms with Gasteiger partial charge < -0.3 is 9.64 Å². The van der Waals surface area contributed by atoms with Crippen molar-refractivity contribution in [3.63, 3.8) is 0 Å². The SMILES string of the molecule is COc1ccc(N2C(=O)CS[C@@]23C(=O)N(Cc2cccc(F)c2)c2ccccc23)cc1Cl. The van der Waals surface area contributed by atoms with E-state index in [-0.39, 0.29) is 29.9 Å². The number of benzene rings is 3. The highest BCUT2D eigenvalue weighted by molar-refractivity contribution is 8.02. The number of amides is 2. The van der Waals surface area contributed by atoms with E-state index in [4.69, 9.17) is 16.3 Å². The van der Waals surface area contributed by atoms with Gasteiger partial charge in [-0.2, -0.15) is 0 Å². The summed E-state index contributed by atoms with van der Waals surface area (Å²) in [5, 5.41) is 0.347. The number of fused-ring (bicyclic) bond motifs is 2. The van der Waals surface area contributed by atoms with Crippen molar-refractivity contribution < 1.29 is 18.7 Å². The fourth-order valence-corrected chi connectivity index (χ4v) is 5.94. The third kappa shape index (κ3) is 3.07.